The van der Waals surface area contributed by atoms with E-state index in [2.05, 4.69) is 15.0 Å². The van der Waals surface area contributed by atoms with Gasteiger partial charge in [0.05, 0.1) is 7.11 Å². The first kappa shape index (κ1) is 15.0. The molecule has 0 saturated heterocycles. The van der Waals surface area contributed by atoms with Gasteiger partial charge in [0.15, 0.2) is 0 Å². The van der Waals surface area contributed by atoms with E-state index >= 15 is 0 Å². The van der Waals surface area contributed by atoms with Crippen molar-refractivity contribution in [1.29, 1.82) is 0 Å². The minimum atomic E-state index is -4.59. The molecular formula is C10H12F3N3O3. The van der Waals surface area contributed by atoms with Crippen LogP contribution in [0.4, 0.5) is 13.2 Å². The third-order valence-corrected chi connectivity index (χ3v) is 2.18. The first-order chi connectivity index (χ1) is 8.74. The Morgan fingerprint density at radius 3 is 2.58 bits per heavy atom. The zero-order chi connectivity index (χ0) is 14.6. The number of carbonyl (C=O) groups excluding carboxylic acids is 2. The molecule has 6 nitrogen and oxygen atoms in total. The number of amides is 1. The minimum Gasteiger partial charge on any atom is -0.467 e. The molecule has 0 spiro atoms. The summed E-state index contributed by atoms with van der Waals surface area (Å²) in [5.41, 5.74) is 0.0662. The van der Waals surface area contributed by atoms with Crippen molar-refractivity contribution in [2.24, 2.45) is 0 Å². The number of nitrogens with one attached hydrogen (secondary N) is 2. The van der Waals surface area contributed by atoms with E-state index in [9.17, 15) is 22.8 Å². The second-order valence-electron chi connectivity index (χ2n) is 3.74. The molecule has 2 N–H and O–H groups in total. The second-order valence-corrected chi connectivity index (χ2v) is 3.74. The molecule has 1 rings (SSSR count). The molecule has 1 amide bonds. The lowest BCUT2D eigenvalue weighted by Crippen LogP contribution is -2.42. The Bertz CT molecular complexity index is 470. The summed E-state index contributed by atoms with van der Waals surface area (Å²) >= 11 is 0. The van der Waals surface area contributed by atoms with E-state index in [1.807, 2.05) is 4.98 Å². The maximum Gasteiger partial charge on any atom is 0.449 e. The highest BCUT2D eigenvalue weighted by atomic mass is 19.4. The molecule has 0 aliphatic carbocycles. The number of hydrogen-bond acceptors (Lipinski definition) is 4. The number of nitrogens with zero attached hydrogens (tertiary/aromatic N) is 1. The molecule has 0 aromatic carbocycles. The number of aromatic nitrogens is 2. The summed E-state index contributed by atoms with van der Waals surface area (Å²) in [4.78, 5) is 27.5. The third kappa shape index (κ3) is 4.27. The first-order valence-electron chi connectivity index (χ1n) is 5.20. The number of aromatic amines is 1. The smallest absolute Gasteiger partial charge is 0.449 e. The predicted molar refractivity (Wildman–Crippen MR) is 56.9 cm³/mol. The van der Waals surface area contributed by atoms with Gasteiger partial charge in [-0.1, -0.05) is 0 Å². The largest absolute Gasteiger partial charge is 0.467 e. The van der Waals surface area contributed by atoms with E-state index in [0.29, 0.717) is 0 Å². The zero-order valence-corrected chi connectivity index (χ0v) is 10.2. The molecule has 0 aliphatic rings. The zero-order valence-electron chi connectivity index (χ0n) is 10.2. The summed E-state index contributed by atoms with van der Waals surface area (Å²) in [6.45, 7) is 1.18. The molecule has 1 unspecified atom stereocenters. The molecule has 0 aliphatic heterocycles. The topological polar surface area (TPSA) is 84.1 Å². The number of imidazole rings is 1. The average molecular weight is 279 g/mol. The van der Waals surface area contributed by atoms with Gasteiger partial charge in [-0.2, -0.15) is 13.2 Å². The van der Waals surface area contributed by atoms with E-state index < -0.39 is 29.9 Å². The second kappa shape index (κ2) is 5.72. The molecule has 1 atom stereocenters. The van der Waals surface area contributed by atoms with Gasteiger partial charge < -0.3 is 15.0 Å². The fraction of sp³-hybridized carbons (Fsp3) is 0.500. The van der Waals surface area contributed by atoms with Crippen LogP contribution in [0.25, 0.3) is 0 Å². The van der Waals surface area contributed by atoms with Gasteiger partial charge in [-0.05, 0) is 0 Å². The van der Waals surface area contributed by atoms with Crippen molar-refractivity contribution in [3.05, 3.63) is 17.7 Å². The first-order valence-corrected chi connectivity index (χ1v) is 5.20. The molecule has 0 saturated carbocycles. The number of carbonyl (C=O) groups is 2. The maximum atomic E-state index is 12.3. The number of ether oxygens (including phenoxy) is 1. The van der Waals surface area contributed by atoms with Gasteiger partial charge in [-0.15, -0.1) is 0 Å². The van der Waals surface area contributed by atoms with Crippen LogP contribution in [0.2, 0.25) is 0 Å². The molecule has 0 fully saturated rings. The van der Waals surface area contributed by atoms with Crippen molar-refractivity contribution < 1.29 is 27.5 Å². The maximum absolute atomic E-state index is 12.3. The SMILES string of the molecule is COC(=O)C(Cc1cnc(C(F)(F)F)[nH]1)NC(C)=O. The molecule has 1 aromatic rings. The molecule has 0 bridgehead atoms. The van der Waals surface area contributed by atoms with E-state index in [1.54, 1.807) is 0 Å². The van der Waals surface area contributed by atoms with Gasteiger partial charge in [0.2, 0.25) is 11.7 Å². The Labute approximate surface area is 106 Å². The monoisotopic (exact) mass is 279 g/mol. The molecule has 19 heavy (non-hydrogen) atoms. The lowest BCUT2D eigenvalue weighted by Gasteiger charge is -2.14. The number of esters is 1. The van der Waals surface area contributed by atoms with Crippen LogP contribution >= 0.6 is 0 Å². The van der Waals surface area contributed by atoms with Crippen molar-refractivity contribution >= 4 is 11.9 Å². The van der Waals surface area contributed by atoms with Crippen molar-refractivity contribution in [3.63, 3.8) is 0 Å². The van der Waals surface area contributed by atoms with Gasteiger partial charge >= 0.3 is 12.1 Å². The van der Waals surface area contributed by atoms with Crippen molar-refractivity contribution in [2.45, 2.75) is 25.6 Å². The minimum absolute atomic E-state index is 0.0662. The van der Waals surface area contributed by atoms with Crippen LogP contribution < -0.4 is 5.32 Å². The van der Waals surface area contributed by atoms with Crippen LogP contribution in [0.3, 0.4) is 0 Å². The highest BCUT2D eigenvalue weighted by Gasteiger charge is 2.34. The third-order valence-electron chi connectivity index (χ3n) is 2.18. The normalized spacial score (nSPS) is 12.9. The molecule has 1 heterocycles. The number of halogens is 3. The van der Waals surface area contributed by atoms with Crippen LogP contribution in [0.5, 0.6) is 0 Å². The Hall–Kier alpha value is -2.06. The van der Waals surface area contributed by atoms with Gasteiger partial charge in [-0.3, -0.25) is 4.79 Å². The standard InChI is InChI=1S/C10H12F3N3O3/c1-5(17)15-7(8(18)19-2)3-6-4-14-9(16-6)10(11,12)13/h4,7H,3H2,1-2H3,(H,14,16)(H,15,17). The summed E-state index contributed by atoms with van der Waals surface area (Å²) in [5.74, 6) is -2.40. The Kier molecular flexibility index (Phi) is 4.52. The molecule has 1 aromatic heterocycles. The van der Waals surface area contributed by atoms with E-state index in [0.717, 1.165) is 13.3 Å². The van der Waals surface area contributed by atoms with Crippen LogP contribution in [0.1, 0.15) is 18.4 Å². The molecule has 9 heteroatoms. The van der Waals surface area contributed by atoms with Crippen LogP contribution in [-0.4, -0.2) is 35.0 Å². The Morgan fingerprint density at radius 1 is 1.53 bits per heavy atom. The van der Waals surface area contributed by atoms with Gasteiger partial charge in [0, 0.05) is 25.2 Å². The number of alkyl halides is 3. The number of hydrogen-bond donors (Lipinski definition) is 2. The number of rotatable bonds is 4. The van der Waals surface area contributed by atoms with E-state index in [4.69, 9.17) is 0 Å². The summed E-state index contributed by atoms with van der Waals surface area (Å²) in [7, 11) is 1.12. The van der Waals surface area contributed by atoms with Crippen molar-refractivity contribution in [2.75, 3.05) is 7.11 Å². The fourth-order valence-electron chi connectivity index (χ4n) is 1.41. The summed E-state index contributed by atoms with van der Waals surface area (Å²) in [6.07, 6.45) is -3.80. The van der Waals surface area contributed by atoms with Gasteiger partial charge in [-0.25, -0.2) is 9.78 Å². The molecular weight excluding hydrogens is 267 g/mol. The lowest BCUT2D eigenvalue weighted by molar-refractivity contribution is -0.144. The van der Waals surface area contributed by atoms with Crippen LogP contribution in [0, 0.1) is 0 Å². The summed E-state index contributed by atoms with van der Waals surface area (Å²) in [5, 5.41) is 2.28. The average Bonchev–Trinajstić information content (AvgIpc) is 2.74. The summed E-state index contributed by atoms with van der Waals surface area (Å²) in [6, 6.07) is -1.07. The van der Waals surface area contributed by atoms with Crippen molar-refractivity contribution in [1.82, 2.24) is 15.3 Å². The van der Waals surface area contributed by atoms with Gasteiger partial charge in [0.25, 0.3) is 0 Å². The van der Waals surface area contributed by atoms with Crippen molar-refractivity contribution in [3.8, 4) is 0 Å². The lowest BCUT2D eigenvalue weighted by atomic mass is 10.1. The number of methoxy groups -OCH3 is 1. The Morgan fingerprint density at radius 2 is 2.16 bits per heavy atom. The summed E-state index contributed by atoms with van der Waals surface area (Å²) < 4.78 is 41.4. The predicted octanol–water partition coefficient (Wildman–Crippen LogP) is 0.649. The highest BCUT2D eigenvalue weighted by Crippen LogP contribution is 2.26. The highest BCUT2D eigenvalue weighted by molar-refractivity contribution is 5.83. The quantitative estimate of drug-likeness (QED) is 0.792. The van der Waals surface area contributed by atoms with E-state index in [-0.39, 0.29) is 12.1 Å². The van der Waals surface area contributed by atoms with Crippen LogP contribution in [0.15, 0.2) is 6.20 Å². The molecule has 106 valence electrons. The fourth-order valence-corrected chi connectivity index (χ4v) is 1.41. The Balaban J connectivity index is 2.82. The molecule has 0 radical (unpaired) electrons. The van der Waals surface area contributed by atoms with Gasteiger partial charge in [0.1, 0.15) is 6.04 Å². The number of H-pyrrole nitrogens is 1. The van der Waals surface area contributed by atoms with Crippen LogP contribution in [-0.2, 0) is 26.9 Å². The van der Waals surface area contributed by atoms with E-state index in [1.165, 1.54) is 6.92 Å².